The van der Waals surface area contributed by atoms with Gasteiger partial charge in [-0.3, -0.25) is 4.90 Å². The van der Waals surface area contributed by atoms with Crippen LogP contribution in [0.5, 0.6) is 5.75 Å². The number of rotatable bonds is 4. The number of ether oxygens (including phenoxy) is 1. The molecule has 1 aliphatic heterocycles. The lowest BCUT2D eigenvalue weighted by atomic mass is 9.97. The van der Waals surface area contributed by atoms with Gasteiger partial charge in [-0.15, -0.1) is 22.9 Å². The molecule has 0 fully saturated rings. The fourth-order valence-corrected chi connectivity index (χ4v) is 4.87. The van der Waals surface area contributed by atoms with E-state index in [4.69, 9.17) is 22.1 Å². The fourth-order valence-electron chi connectivity index (χ4n) is 3.58. The SMILES string of the molecule is Cc1csc2c(OCc3ccccc3)cc3c(c12)C(CCl)CN3C(N)=O. The van der Waals surface area contributed by atoms with Crippen molar-refractivity contribution in [3.8, 4) is 5.75 Å². The van der Waals surface area contributed by atoms with Crippen molar-refractivity contribution in [3.05, 3.63) is 58.5 Å². The molecular weight excluding hydrogens is 368 g/mol. The second kappa shape index (κ2) is 6.82. The molecular formula is C20H19ClN2O2S. The van der Waals surface area contributed by atoms with Gasteiger partial charge < -0.3 is 10.5 Å². The van der Waals surface area contributed by atoms with Crippen LogP contribution in [0.25, 0.3) is 10.1 Å². The number of amides is 2. The van der Waals surface area contributed by atoms with Gasteiger partial charge in [-0.05, 0) is 29.0 Å². The average molecular weight is 387 g/mol. The molecule has 4 rings (SSSR count). The number of nitrogens with zero attached hydrogens (tertiary/aromatic N) is 1. The first-order valence-corrected chi connectivity index (χ1v) is 9.86. The van der Waals surface area contributed by atoms with Crippen molar-refractivity contribution in [2.45, 2.75) is 19.4 Å². The number of thiophene rings is 1. The van der Waals surface area contributed by atoms with Gasteiger partial charge in [0.25, 0.3) is 0 Å². The first kappa shape index (κ1) is 17.2. The quantitative estimate of drug-likeness (QED) is 0.641. The number of fused-ring (bicyclic) bond motifs is 3. The monoisotopic (exact) mass is 386 g/mol. The topological polar surface area (TPSA) is 55.6 Å². The Kier molecular flexibility index (Phi) is 4.51. The summed E-state index contributed by atoms with van der Waals surface area (Å²) in [7, 11) is 0. The molecule has 0 spiro atoms. The van der Waals surface area contributed by atoms with E-state index in [1.54, 1.807) is 16.2 Å². The maximum atomic E-state index is 11.9. The summed E-state index contributed by atoms with van der Waals surface area (Å²) in [5.74, 6) is 1.31. The number of nitrogens with two attached hydrogens (primary N) is 1. The molecule has 4 nitrogen and oxygen atoms in total. The lowest BCUT2D eigenvalue weighted by Crippen LogP contribution is -2.34. The number of halogens is 1. The maximum Gasteiger partial charge on any atom is 0.319 e. The van der Waals surface area contributed by atoms with Crippen LogP contribution in [0.4, 0.5) is 10.5 Å². The van der Waals surface area contributed by atoms with Gasteiger partial charge in [0.2, 0.25) is 0 Å². The number of alkyl halides is 1. The van der Waals surface area contributed by atoms with Crippen LogP contribution in [0.15, 0.2) is 41.8 Å². The van der Waals surface area contributed by atoms with Crippen molar-refractivity contribution >= 4 is 44.7 Å². The van der Waals surface area contributed by atoms with Crippen LogP contribution in [0.2, 0.25) is 0 Å². The summed E-state index contributed by atoms with van der Waals surface area (Å²) >= 11 is 7.86. The highest BCUT2D eigenvalue weighted by Gasteiger charge is 2.34. The molecule has 6 heteroatoms. The van der Waals surface area contributed by atoms with Crippen molar-refractivity contribution in [2.75, 3.05) is 17.3 Å². The molecule has 1 atom stereocenters. The summed E-state index contributed by atoms with van der Waals surface area (Å²) < 4.78 is 7.24. The molecule has 134 valence electrons. The standard InChI is InChI=1S/C20H19ClN2O2S/c1-12-11-26-19-16(25-10-13-5-3-2-4-6-13)7-15-18(17(12)19)14(8-21)9-23(15)20(22)24/h2-7,11,14H,8-10H2,1H3,(H2,22,24). The number of primary amides is 1. The van der Waals surface area contributed by atoms with Gasteiger partial charge >= 0.3 is 6.03 Å². The Labute approximate surface area is 161 Å². The lowest BCUT2D eigenvalue weighted by molar-refractivity contribution is 0.254. The van der Waals surface area contributed by atoms with Crippen LogP contribution >= 0.6 is 22.9 Å². The van der Waals surface area contributed by atoms with E-state index >= 15 is 0 Å². The predicted octanol–water partition coefficient (Wildman–Crippen LogP) is 5.01. The zero-order valence-electron chi connectivity index (χ0n) is 14.4. The minimum absolute atomic E-state index is 0.0816. The molecule has 2 aromatic carbocycles. The minimum Gasteiger partial charge on any atom is -0.487 e. The van der Waals surface area contributed by atoms with Gasteiger partial charge in [0.1, 0.15) is 12.4 Å². The van der Waals surface area contributed by atoms with Gasteiger partial charge in [-0.1, -0.05) is 30.3 Å². The Hall–Kier alpha value is -2.24. The molecule has 0 radical (unpaired) electrons. The van der Waals surface area contributed by atoms with Crippen molar-refractivity contribution in [1.29, 1.82) is 0 Å². The number of urea groups is 1. The number of carbonyl (C=O) groups is 1. The fraction of sp³-hybridized carbons (Fsp3) is 0.250. The third-order valence-corrected chi connectivity index (χ3v) is 6.29. The van der Waals surface area contributed by atoms with E-state index in [0.717, 1.165) is 32.6 Å². The van der Waals surface area contributed by atoms with E-state index in [2.05, 4.69) is 12.3 Å². The number of benzene rings is 2. The highest BCUT2D eigenvalue weighted by atomic mass is 35.5. The number of hydrogen-bond acceptors (Lipinski definition) is 3. The summed E-state index contributed by atoms with van der Waals surface area (Å²) in [5.41, 5.74) is 9.81. The largest absolute Gasteiger partial charge is 0.487 e. The third-order valence-electron chi connectivity index (χ3n) is 4.80. The zero-order valence-corrected chi connectivity index (χ0v) is 15.9. The van der Waals surface area contributed by atoms with Gasteiger partial charge in [-0.2, -0.15) is 0 Å². The van der Waals surface area contributed by atoms with Crippen LogP contribution in [0, 0.1) is 6.92 Å². The van der Waals surface area contributed by atoms with E-state index in [1.165, 1.54) is 5.56 Å². The maximum absolute atomic E-state index is 11.9. The molecule has 0 bridgehead atoms. The lowest BCUT2D eigenvalue weighted by Gasteiger charge is -2.16. The van der Waals surface area contributed by atoms with Crippen molar-refractivity contribution in [2.24, 2.45) is 5.73 Å². The smallest absolute Gasteiger partial charge is 0.319 e. The van der Waals surface area contributed by atoms with E-state index in [-0.39, 0.29) is 5.92 Å². The normalized spacial score (nSPS) is 16.1. The van der Waals surface area contributed by atoms with Gasteiger partial charge in [0.15, 0.2) is 0 Å². The molecule has 0 saturated heterocycles. The third kappa shape index (κ3) is 2.81. The second-order valence-corrected chi connectivity index (χ2v) is 7.69. The van der Waals surface area contributed by atoms with Gasteiger partial charge in [0.05, 0.1) is 10.4 Å². The number of carbonyl (C=O) groups excluding carboxylic acids is 1. The number of anilines is 1. The van der Waals surface area contributed by atoms with E-state index in [1.807, 2.05) is 36.4 Å². The second-order valence-electron chi connectivity index (χ2n) is 6.50. The van der Waals surface area contributed by atoms with Gasteiger partial charge in [-0.25, -0.2) is 4.79 Å². The summed E-state index contributed by atoms with van der Waals surface area (Å²) in [4.78, 5) is 13.5. The summed E-state index contributed by atoms with van der Waals surface area (Å²) in [5, 5.41) is 3.27. The average Bonchev–Trinajstić information content (AvgIpc) is 3.21. The molecule has 0 saturated carbocycles. The number of hydrogen-bond donors (Lipinski definition) is 1. The molecule has 3 aromatic rings. The van der Waals surface area contributed by atoms with E-state index < -0.39 is 6.03 Å². The Bertz CT molecular complexity index is 971. The van der Waals surface area contributed by atoms with Crippen LogP contribution in [-0.4, -0.2) is 18.5 Å². The minimum atomic E-state index is -0.458. The number of aryl methyl sites for hydroxylation is 1. The molecule has 1 aliphatic rings. The van der Waals surface area contributed by atoms with Crippen LogP contribution in [0.1, 0.15) is 22.6 Å². The predicted molar refractivity (Wildman–Crippen MR) is 108 cm³/mol. The highest BCUT2D eigenvalue weighted by molar-refractivity contribution is 7.17. The molecule has 0 aliphatic carbocycles. The molecule has 1 aromatic heterocycles. The van der Waals surface area contributed by atoms with E-state index in [9.17, 15) is 4.79 Å². The molecule has 1 unspecified atom stereocenters. The zero-order chi connectivity index (χ0) is 18.3. The van der Waals surface area contributed by atoms with Crippen molar-refractivity contribution < 1.29 is 9.53 Å². The Morgan fingerprint density at radius 2 is 2.15 bits per heavy atom. The van der Waals surface area contributed by atoms with Crippen molar-refractivity contribution in [3.63, 3.8) is 0 Å². The van der Waals surface area contributed by atoms with Crippen molar-refractivity contribution in [1.82, 2.24) is 0 Å². The summed E-state index contributed by atoms with van der Waals surface area (Å²) in [6, 6.07) is 11.5. The van der Waals surface area contributed by atoms with Gasteiger partial charge in [0, 0.05) is 29.8 Å². The Morgan fingerprint density at radius 1 is 1.38 bits per heavy atom. The molecule has 2 heterocycles. The van der Waals surface area contributed by atoms with Crippen LogP contribution in [0.3, 0.4) is 0 Å². The van der Waals surface area contributed by atoms with Crippen LogP contribution in [-0.2, 0) is 6.61 Å². The summed E-state index contributed by atoms with van der Waals surface area (Å²) in [6.07, 6.45) is 0. The summed E-state index contributed by atoms with van der Waals surface area (Å²) in [6.45, 7) is 3.07. The molecule has 2 N–H and O–H groups in total. The molecule has 26 heavy (non-hydrogen) atoms. The molecule has 2 amide bonds. The van der Waals surface area contributed by atoms with Crippen LogP contribution < -0.4 is 15.4 Å². The Morgan fingerprint density at radius 3 is 2.85 bits per heavy atom. The first-order chi connectivity index (χ1) is 12.6. The first-order valence-electron chi connectivity index (χ1n) is 8.44. The van der Waals surface area contributed by atoms with E-state index in [0.29, 0.717) is 19.0 Å². The Balaban J connectivity index is 1.82. The highest BCUT2D eigenvalue weighted by Crippen LogP contribution is 2.48.